The van der Waals surface area contributed by atoms with Gasteiger partial charge >= 0.3 is 0 Å². The molecule has 0 fully saturated rings. The molecule has 94 valence electrons. The Kier molecular flexibility index (Phi) is 4.37. The van der Waals surface area contributed by atoms with Crippen molar-refractivity contribution < 1.29 is 5.11 Å². The molecule has 0 unspecified atom stereocenters. The summed E-state index contributed by atoms with van der Waals surface area (Å²) in [5, 5.41) is 13.0. The molecule has 0 saturated heterocycles. The fourth-order valence-electron chi connectivity index (χ4n) is 1.98. The van der Waals surface area contributed by atoms with E-state index in [1.807, 2.05) is 18.2 Å². The van der Waals surface area contributed by atoms with Crippen LogP contribution >= 0.6 is 0 Å². The van der Waals surface area contributed by atoms with Gasteiger partial charge < -0.3 is 10.4 Å². The Balaban J connectivity index is 1.78. The molecule has 2 rings (SSSR count). The van der Waals surface area contributed by atoms with Gasteiger partial charge in [-0.2, -0.15) is 0 Å². The predicted molar refractivity (Wildman–Crippen MR) is 74.7 cm³/mol. The van der Waals surface area contributed by atoms with Gasteiger partial charge in [0.1, 0.15) is 5.75 Å². The number of aromatic hydroxyl groups is 1. The number of phenolic OH excluding ortho intramolecular Hbond substituents is 1. The number of hydrogen-bond donors (Lipinski definition) is 2. The van der Waals surface area contributed by atoms with E-state index in [1.165, 1.54) is 11.1 Å². The van der Waals surface area contributed by atoms with Gasteiger partial charge in [-0.3, -0.25) is 0 Å². The summed E-state index contributed by atoms with van der Waals surface area (Å²) in [6.07, 6.45) is 1.01. The van der Waals surface area contributed by atoms with Crippen molar-refractivity contribution in [3.63, 3.8) is 0 Å². The van der Waals surface area contributed by atoms with Crippen LogP contribution in [0.3, 0.4) is 0 Å². The van der Waals surface area contributed by atoms with Crippen LogP contribution < -0.4 is 5.32 Å². The first-order chi connectivity index (χ1) is 8.75. The molecular formula is C16H19NO. The van der Waals surface area contributed by atoms with E-state index in [0.717, 1.165) is 18.5 Å². The van der Waals surface area contributed by atoms with Crippen molar-refractivity contribution in [2.45, 2.75) is 19.9 Å². The van der Waals surface area contributed by atoms with Crippen LogP contribution in [-0.4, -0.2) is 11.7 Å². The molecule has 0 aliphatic carbocycles. The van der Waals surface area contributed by atoms with Crippen molar-refractivity contribution >= 4 is 0 Å². The molecule has 0 heterocycles. The molecule has 2 nitrogen and oxygen atoms in total. The fraction of sp³-hybridized carbons (Fsp3) is 0.250. The molecule has 2 heteroatoms. The third kappa shape index (κ3) is 3.60. The van der Waals surface area contributed by atoms with Crippen LogP contribution in [0.25, 0.3) is 0 Å². The van der Waals surface area contributed by atoms with E-state index in [4.69, 9.17) is 0 Å². The number of hydrogen-bond acceptors (Lipinski definition) is 2. The van der Waals surface area contributed by atoms with Crippen molar-refractivity contribution in [2.24, 2.45) is 0 Å². The summed E-state index contributed by atoms with van der Waals surface area (Å²) in [7, 11) is 0. The van der Waals surface area contributed by atoms with E-state index in [9.17, 15) is 5.11 Å². The Morgan fingerprint density at radius 1 is 1.06 bits per heavy atom. The average molecular weight is 241 g/mol. The standard InChI is InChI=1S/C16H19NO/c1-13-5-4-6-14(11-13)9-10-17-12-15-7-2-3-8-16(15)18/h2-8,11,17-18H,9-10,12H2,1H3. The molecule has 0 aromatic heterocycles. The number of rotatable bonds is 5. The molecule has 2 aromatic carbocycles. The first-order valence-corrected chi connectivity index (χ1v) is 6.29. The van der Waals surface area contributed by atoms with Crippen LogP contribution in [0.5, 0.6) is 5.75 Å². The zero-order chi connectivity index (χ0) is 12.8. The Morgan fingerprint density at radius 2 is 1.89 bits per heavy atom. The lowest BCUT2D eigenvalue weighted by Gasteiger charge is -2.07. The Hall–Kier alpha value is -1.80. The summed E-state index contributed by atoms with van der Waals surface area (Å²) in [4.78, 5) is 0. The number of phenols is 1. The van der Waals surface area contributed by atoms with Crippen molar-refractivity contribution in [2.75, 3.05) is 6.54 Å². The average Bonchev–Trinajstić information content (AvgIpc) is 2.37. The summed E-state index contributed by atoms with van der Waals surface area (Å²) in [6.45, 7) is 3.73. The molecule has 0 aliphatic rings. The second kappa shape index (κ2) is 6.22. The highest BCUT2D eigenvalue weighted by molar-refractivity contribution is 5.31. The van der Waals surface area contributed by atoms with Crippen LogP contribution in [0, 0.1) is 6.92 Å². The van der Waals surface area contributed by atoms with Crippen molar-refractivity contribution in [3.05, 3.63) is 65.2 Å². The van der Waals surface area contributed by atoms with Crippen molar-refractivity contribution in [3.8, 4) is 5.75 Å². The van der Waals surface area contributed by atoms with Crippen molar-refractivity contribution in [1.82, 2.24) is 5.32 Å². The molecule has 18 heavy (non-hydrogen) atoms. The highest BCUT2D eigenvalue weighted by Gasteiger charge is 1.98. The molecule has 0 radical (unpaired) electrons. The molecule has 0 atom stereocenters. The highest BCUT2D eigenvalue weighted by atomic mass is 16.3. The quantitative estimate of drug-likeness (QED) is 0.789. The van der Waals surface area contributed by atoms with E-state index < -0.39 is 0 Å². The maximum atomic E-state index is 9.62. The third-order valence-electron chi connectivity index (χ3n) is 2.98. The Morgan fingerprint density at radius 3 is 2.67 bits per heavy atom. The lowest BCUT2D eigenvalue weighted by Crippen LogP contribution is -2.16. The van der Waals surface area contributed by atoms with E-state index in [2.05, 4.69) is 36.5 Å². The van der Waals surface area contributed by atoms with Gasteiger partial charge in [0.15, 0.2) is 0 Å². The number of aryl methyl sites for hydroxylation is 1. The summed E-state index contributed by atoms with van der Waals surface area (Å²) in [5.41, 5.74) is 3.59. The lowest BCUT2D eigenvalue weighted by molar-refractivity contribution is 0.464. The SMILES string of the molecule is Cc1cccc(CCNCc2ccccc2O)c1. The van der Waals surface area contributed by atoms with Crippen molar-refractivity contribution in [1.29, 1.82) is 0 Å². The molecule has 2 N–H and O–H groups in total. The number of nitrogens with one attached hydrogen (secondary N) is 1. The summed E-state index contributed by atoms with van der Waals surface area (Å²) < 4.78 is 0. The molecule has 0 amide bonds. The van der Waals surface area contributed by atoms with Crippen LogP contribution in [-0.2, 0) is 13.0 Å². The summed E-state index contributed by atoms with van der Waals surface area (Å²) in [5.74, 6) is 0.362. The third-order valence-corrected chi connectivity index (χ3v) is 2.98. The van der Waals surface area contributed by atoms with E-state index in [-0.39, 0.29) is 0 Å². The first kappa shape index (κ1) is 12.7. The second-order valence-electron chi connectivity index (χ2n) is 4.54. The second-order valence-corrected chi connectivity index (χ2v) is 4.54. The molecule has 0 saturated carbocycles. The molecular weight excluding hydrogens is 222 g/mol. The lowest BCUT2D eigenvalue weighted by atomic mass is 10.1. The van der Waals surface area contributed by atoms with Gasteiger partial charge in [-0.25, -0.2) is 0 Å². The molecule has 0 spiro atoms. The minimum absolute atomic E-state index is 0.362. The topological polar surface area (TPSA) is 32.3 Å². The Bertz CT molecular complexity index is 508. The monoisotopic (exact) mass is 241 g/mol. The smallest absolute Gasteiger partial charge is 0.120 e. The van der Waals surface area contributed by atoms with Gasteiger partial charge in [0.05, 0.1) is 0 Å². The van der Waals surface area contributed by atoms with Gasteiger partial charge in [0, 0.05) is 12.1 Å². The van der Waals surface area contributed by atoms with E-state index in [0.29, 0.717) is 12.3 Å². The van der Waals surface area contributed by atoms with E-state index >= 15 is 0 Å². The largest absolute Gasteiger partial charge is 0.508 e. The summed E-state index contributed by atoms with van der Waals surface area (Å²) >= 11 is 0. The van der Waals surface area contributed by atoms with Gasteiger partial charge in [0.25, 0.3) is 0 Å². The van der Waals surface area contributed by atoms with Gasteiger partial charge in [0.2, 0.25) is 0 Å². The zero-order valence-corrected chi connectivity index (χ0v) is 10.7. The Labute approximate surface area is 108 Å². The molecule has 2 aromatic rings. The first-order valence-electron chi connectivity index (χ1n) is 6.29. The van der Waals surface area contributed by atoms with Crippen LogP contribution in [0.15, 0.2) is 48.5 Å². The number of para-hydroxylation sites is 1. The molecule has 0 aliphatic heterocycles. The van der Waals surface area contributed by atoms with Crippen LogP contribution in [0.4, 0.5) is 0 Å². The zero-order valence-electron chi connectivity index (χ0n) is 10.7. The van der Waals surface area contributed by atoms with Gasteiger partial charge in [-0.15, -0.1) is 0 Å². The van der Waals surface area contributed by atoms with Gasteiger partial charge in [-0.05, 0) is 31.5 Å². The van der Waals surface area contributed by atoms with Crippen LogP contribution in [0.1, 0.15) is 16.7 Å². The summed E-state index contributed by atoms with van der Waals surface area (Å²) in [6, 6.07) is 16.0. The van der Waals surface area contributed by atoms with Crippen LogP contribution in [0.2, 0.25) is 0 Å². The minimum Gasteiger partial charge on any atom is -0.508 e. The fourth-order valence-corrected chi connectivity index (χ4v) is 1.98. The number of benzene rings is 2. The maximum absolute atomic E-state index is 9.62. The maximum Gasteiger partial charge on any atom is 0.120 e. The minimum atomic E-state index is 0.362. The van der Waals surface area contributed by atoms with E-state index in [1.54, 1.807) is 6.07 Å². The van der Waals surface area contributed by atoms with Gasteiger partial charge in [-0.1, -0.05) is 48.0 Å². The predicted octanol–water partition coefficient (Wildman–Crippen LogP) is 3.03. The normalized spacial score (nSPS) is 10.5. The highest BCUT2D eigenvalue weighted by Crippen LogP contribution is 2.14. The molecule has 0 bridgehead atoms.